The van der Waals surface area contributed by atoms with E-state index in [0.717, 1.165) is 18.9 Å². The molecule has 1 atom stereocenters. The molecule has 2 rings (SSSR count). The van der Waals surface area contributed by atoms with Crippen molar-refractivity contribution in [2.45, 2.75) is 49.6 Å². The molecule has 21 heavy (non-hydrogen) atoms. The van der Waals surface area contributed by atoms with E-state index >= 15 is 0 Å². The SMILES string of the molecule is CCC(C)(CO)NS(=O)(=O)c1cc(C(=O)O)n(C2CC2)c1. The lowest BCUT2D eigenvalue weighted by molar-refractivity contribution is 0.0685. The molecule has 118 valence electrons. The van der Waals surface area contributed by atoms with Crippen LogP contribution in [-0.2, 0) is 10.0 Å². The number of aromatic carboxylic acids is 1. The van der Waals surface area contributed by atoms with E-state index in [-0.39, 0.29) is 23.2 Å². The second kappa shape index (κ2) is 5.43. The fourth-order valence-electron chi connectivity index (χ4n) is 2.03. The number of rotatable bonds is 7. The van der Waals surface area contributed by atoms with Gasteiger partial charge in [-0.25, -0.2) is 17.9 Å². The molecule has 0 bridgehead atoms. The van der Waals surface area contributed by atoms with Crippen LogP contribution in [0.4, 0.5) is 0 Å². The lowest BCUT2D eigenvalue weighted by Crippen LogP contribution is -2.48. The highest BCUT2D eigenvalue weighted by molar-refractivity contribution is 7.89. The predicted molar refractivity (Wildman–Crippen MR) is 75.8 cm³/mol. The van der Waals surface area contributed by atoms with Crippen LogP contribution in [-0.4, -0.2) is 41.3 Å². The van der Waals surface area contributed by atoms with E-state index < -0.39 is 21.5 Å². The number of carboxylic acid groups (broad SMARTS) is 1. The van der Waals surface area contributed by atoms with Crippen LogP contribution in [0, 0.1) is 0 Å². The summed E-state index contributed by atoms with van der Waals surface area (Å²) in [6.07, 6.45) is 3.48. The molecule has 0 spiro atoms. The number of sulfonamides is 1. The normalized spacial score (nSPS) is 18.4. The zero-order valence-electron chi connectivity index (χ0n) is 12.0. The lowest BCUT2D eigenvalue weighted by Gasteiger charge is -2.26. The minimum absolute atomic E-state index is 0.0277. The first kappa shape index (κ1) is 16.0. The molecule has 1 saturated carbocycles. The van der Waals surface area contributed by atoms with Gasteiger partial charge >= 0.3 is 5.97 Å². The van der Waals surface area contributed by atoms with E-state index in [1.165, 1.54) is 10.8 Å². The Balaban J connectivity index is 2.36. The number of nitrogens with zero attached hydrogens (tertiary/aromatic N) is 1. The van der Waals surface area contributed by atoms with E-state index in [1.54, 1.807) is 13.8 Å². The largest absolute Gasteiger partial charge is 0.477 e. The van der Waals surface area contributed by atoms with Crippen LogP contribution in [0.2, 0.25) is 0 Å². The Morgan fingerprint density at radius 2 is 2.14 bits per heavy atom. The zero-order chi connectivity index (χ0) is 15.8. The maximum Gasteiger partial charge on any atom is 0.352 e. The molecule has 0 amide bonds. The fourth-order valence-corrected chi connectivity index (χ4v) is 3.52. The average molecular weight is 316 g/mol. The van der Waals surface area contributed by atoms with Crippen LogP contribution in [0.1, 0.15) is 49.6 Å². The van der Waals surface area contributed by atoms with Gasteiger partial charge < -0.3 is 14.8 Å². The molecule has 1 heterocycles. The van der Waals surface area contributed by atoms with Crippen molar-refractivity contribution >= 4 is 16.0 Å². The van der Waals surface area contributed by atoms with Crippen molar-refractivity contribution in [1.82, 2.24) is 9.29 Å². The summed E-state index contributed by atoms with van der Waals surface area (Å²) >= 11 is 0. The van der Waals surface area contributed by atoms with E-state index in [2.05, 4.69) is 4.72 Å². The third kappa shape index (κ3) is 3.28. The van der Waals surface area contributed by atoms with Crippen molar-refractivity contribution in [2.24, 2.45) is 0 Å². The van der Waals surface area contributed by atoms with Gasteiger partial charge in [0.25, 0.3) is 0 Å². The first-order valence-electron chi connectivity index (χ1n) is 6.82. The second-order valence-electron chi connectivity index (χ2n) is 5.68. The topological polar surface area (TPSA) is 109 Å². The molecule has 1 unspecified atom stereocenters. The molecule has 1 aliphatic carbocycles. The summed E-state index contributed by atoms with van der Waals surface area (Å²) in [5, 5.41) is 18.5. The predicted octanol–water partition coefficient (Wildman–Crippen LogP) is 0.960. The van der Waals surface area contributed by atoms with Crippen molar-refractivity contribution in [3.8, 4) is 0 Å². The summed E-state index contributed by atoms with van der Waals surface area (Å²) in [7, 11) is -3.88. The molecule has 0 aromatic carbocycles. The van der Waals surface area contributed by atoms with Gasteiger partial charge in [-0.3, -0.25) is 0 Å². The van der Waals surface area contributed by atoms with Gasteiger partial charge in [-0.15, -0.1) is 0 Å². The number of nitrogens with one attached hydrogen (secondary N) is 1. The monoisotopic (exact) mass is 316 g/mol. The van der Waals surface area contributed by atoms with Gasteiger partial charge in [0.2, 0.25) is 10.0 Å². The lowest BCUT2D eigenvalue weighted by atomic mass is 10.0. The molecule has 1 aliphatic rings. The van der Waals surface area contributed by atoms with Crippen molar-refractivity contribution in [3.05, 3.63) is 18.0 Å². The molecule has 8 heteroatoms. The Morgan fingerprint density at radius 1 is 1.52 bits per heavy atom. The average Bonchev–Trinajstić information content (AvgIpc) is 3.15. The highest BCUT2D eigenvalue weighted by Crippen LogP contribution is 2.37. The molecule has 1 aromatic heterocycles. The number of hydrogen-bond acceptors (Lipinski definition) is 4. The van der Waals surface area contributed by atoms with Crippen molar-refractivity contribution in [3.63, 3.8) is 0 Å². The Kier molecular flexibility index (Phi) is 4.14. The van der Waals surface area contributed by atoms with Crippen LogP contribution in [0.15, 0.2) is 17.2 Å². The smallest absolute Gasteiger partial charge is 0.352 e. The summed E-state index contributed by atoms with van der Waals surface area (Å²) in [6.45, 7) is 3.02. The Labute approximate surface area is 123 Å². The minimum atomic E-state index is -3.88. The first-order chi connectivity index (χ1) is 9.72. The Morgan fingerprint density at radius 3 is 2.57 bits per heavy atom. The number of carboxylic acids is 1. The standard InChI is InChI=1S/C13H20N2O5S/c1-3-13(2,8-16)14-21(19,20)10-6-11(12(17)18)15(7-10)9-4-5-9/h6-7,9,14,16H,3-5,8H2,1-2H3,(H,17,18). The molecule has 0 saturated heterocycles. The maximum absolute atomic E-state index is 12.4. The molecule has 1 aromatic rings. The number of aromatic nitrogens is 1. The number of hydrogen-bond donors (Lipinski definition) is 3. The van der Waals surface area contributed by atoms with Crippen LogP contribution < -0.4 is 4.72 Å². The van der Waals surface area contributed by atoms with Gasteiger partial charge in [0.15, 0.2) is 0 Å². The third-order valence-corrected chi connectivity index (χ3v) is 5.41. The van der Waals surface area contributed by atoms with E-state index in [4.69, 9.17) is 0 Å². The number of aliphatic hydroxyl groups is 1. The Hall–Kier alpha value is -1.38. The van der Waals surface area contributed by atoms with Crippen molar-refractivity contribution < 1.29 is 23.4 Å². The van der Waals surface area contributed by atoms with Crippen LogP contribution in [0.5, 0.6) is 0 Å². The zero-order valence-corrected chi connectivity index (χ0v) is 12.9. The number of aliphatic hydroxyl groups excluding tert-OH is 1. The van der Waals surface area contributed by atoms with Gasteiger partial charge in [0.1, 0.15) is 10.6 Å². The highest BCUT2D eigenvalue weighted by Gasteiger charge is 2.33. The molecular formula is C13H20N2O5S. The highest BCUT2D eigenvalue weighted by atomic mass is 32.2. The van der Waals surface area contributed by atoms with Crippen LogP contribution in [0.25, 0.3) is 0 Å². The Bertz CT molecular complexity index is 642. The molecule has 0 aliphatic heterocycles. The molecular weight excluding hydrogens is 296 g/mol. The van der Waals surface area contributed by atoms with Gasteiger partial charge in [0.05, 0.1) is 12.1 Å². The van der Waals surface area contributed by atoms with E-state index in [0.29, 0.717) is 6.42 Å². The summed E-state index contributed by atoms with van der Waals surface area (Å²) < 4.78 is 28.7. The van der Waals surface area contributed by atoms with Crippen LogP contribution in [0.3, 0.4) is 0 Å². The van der Waals surface area contributed by atoms with Gasteiger partial charge in [0, 0.05) is 12.2 Å². The van der Waals surface area contributed by atoms with Crippen LogP contribution >= 0.6 is 0 Å². The van der Waals surface area contributed by atoms with Gasteiger partial charge in [-0.2, -0.15) is 0 Å². The quantitative estimate of drug-likeness (QED) is 0.694. The number of carbonyl (C=O) groups is 1. The van der Waals surface area contributed by atoms with Crippen molar-refractivity contribution in [2.75, 3.05) is 6.61 Å². The van der Waals surface area contributed by atoms with Gasteiger partial charge in [-0.05, 0) is 32.3 Å². The molecule has 1 fully saturated rings. The second-order valence-corrected chi connectivity index (χ2v) is 7.36. The third-order valence-electron chi connectivity index (χ3n) is 3.80. The molecule has 0 radical (unpaired) electrons. The summed E-state index contributed by atoms with van der Waals surface area (Å²) in [5.74, 6) is -1.15. The van der Waals surface area contributed by atoms with Crippen molar-refractivity contribution in [1.29, 1.82) is 0 Å². The summed E-state index contributed by atoms with van der Waals surface area (Å²) in [5.41, 5.74) is -0.996. The van der Waals surface area contributed by atoms with E-state index in [9.17, 15) is 23.4 Å². The fraction of sp³-hybridized carbons (Fsp3) is 0.615. The summed E-state index contributed by atoms with van der Waals surface area (Å²) in [6, 6.07) is 1.23. The first-order valence-corrected chi connectivity index (χ1v) is 8.31. The van der Waals surface area contributed by atoms with Gasteiger partial charge in [-0.1, -0.05) is 6.92 Å². The minimum Gasteiger partial charge on any atom is -0.477 e. The molecule has 3 N–H and O–H groups in total. The summed E-state index contributed by atoms with van der Waals surface area (Å²) in [4.78, 5) is 11.1. The molecule has 7 nitrogen and oxygen atoms in total. The maximum atomic E-state index is 12.4. The van der Waals surface area contributed by atoms with E-state index in [1.807, 2.05) is 0 Å².